The minimum Gasteiger partial charge on any atom is -0.508 e. The molecule has 2 aromatic rings. The maximum absolute atomic E-state index is 12.4. The Morgan fingerprint density at radius 1 is 1.15 bits per heavy atom. The average molecular weight is 290 g/mol. The minimum absolute atomic E-state index is 0.114. The molecule has 0 aliphatic rings. The van der Waals surface area contributed by atoms with Gasteiger partial charge in [0.15, 0.2) is 0 Å². The highest BCUT2D eigenvalue weighted by Gasteiger charge is 2.20. The van der Waals surface area contributed by atoms with Gasteiger partial charge in [0.2, 0.25) is 0 Å². The Balaban J connectivity index is 2.22. The van der Waals surface area contributed by atoms with Crippen molar-refractivity contribution in [2.24, 2.45) is 0 Å². The molecule has 0 radical (unpaired) electrons. The lowest BCUT2D eigenvalue weighted by Crippen LogP contribution is -2.29. The zero-order chi connectivity index (χ0) is 14.7. The van der Waals surface area contributed by atoms with E-state index in [0.717, 1.165) is 5.56 Å². The first-order valence-electron chi connectivity index (χ1n) is 6.31. The predicted molar refractivity (Wildman–Crippen MR) is 80.1 cm³/mol. The molecule has 1 N–H and O–H groups in total. The van der Waals surface area contributed by atoms with Crippen LogP contribution in [0.25, 0.3) is 0 Å². The number of carbonyl (C=O) groups is 1. The first-order chi connectivity index (χ1) is 9.50. The molecule has 1 atom stereocenters. The van der Waals surface area contributed by atoms with Gasteiger partial charge in [-0.1, -0.05) is 29.8 Å². The molecule has 4 heteroatoms. The first kappa shape index (κ1) is 14.4. The number of benzene rings is 2. The number of phenols is 1. The molecule has 0 aliphatic carbocycles. The summed E-state index contributed by atoms with van der Waals surface area (Å²) in [6.07, 6.45) is 0. The summed E-state index contributed by atoms with van der Waals surface area (Å²) in [4.78, 5) is 14.0. The van der Waals surface area contributed by atoms with Gasteiger partial charge in [-0.05, 0) is 37.3 Å². The molecule has 104 valence electrons. The van der Waals surface area contributed by atoms with Gasteiger partial charge in [-0.25, -0.2) is 0 Å². The van der Waals surface area contributed by atoms with Crippen LogP contribution in [0.15, 0.2) is 48.5 Å². The summed E-state index contributed by atoms with van der Waals surface area (Å²) in [5.41, 5.74) is 1.29. The molecular formula is C16H16ClNO2. The van der Waals surface area contributed by atoms with Crippen LogP contribution in [0.3, 0.4) is 0 Å². The molecule has 0 saturated heterocycles. The van der Waals surface area contributed by atoms with Gasteiger partial charge in [-0.15, -0.1) is 0 Å². The van der Waals surface area contributed by atoms with Crippen LogP contribution in [0.4, 0.5) is 0 Å². The number of aromatic hydroxyl groups is 1. The number of hydrogen-bond donors (Lipinski definition) is 1. The maximum Gasteiger partial charge on any atom is 0.254 e. The molecule has 0 heterocycles. The van der Waals surface area contributed by atoms with Gasteiger partial charge in [0.05, 0.1) is 6.04 Å². The summed E-state index contributed by atoms with van der Waals surface area (Å²) in [6.45, 7) is 1.88. The molecule has 1 unspecified atom stereocenters. The summed E-state index contributed by atoms with van der Waals surface area (Å²) in [7, 11) is 1.72. The van der Waals surface area contributed by atoms with Crippen molar-refractivity contribution in [3.8, 4) is 5.75 Å². The monoisotopic (exact) mass is 289 g/mol. The standard InChI is InChI=1S/C16H16ClNO2/c1-11(14-5-3-4-6-15(14)19)18(2)16(20)12-7-9-13(17)10-8-12/h3-11,19H,1-2H3. The lowest BCUT2D eigenvalue weighted by atomic mass is 10.1. The van der Waals surface area contributed by atoms with Gasteiger partial charge in [0, 0.05) is 23.2 Å². The molecule has 0 spiro atoms. The van der Waals surface area contributed by atoms with Crippen LogP contribution in [-0.2, 0) is 0 Å². The molecule has 20 heavy (non-hydrogen) atoms. The Morgan fingerprint density at radius 3 is 2.35 bits per heavy atom. The number of carbonyl (C=O) groups excluding carboxylic acids is 1. The van der Waals surface area contributed by atoms with E-state index in [1.165, 1.54) is 0 Å². The molecule has 3 nitrogen and oxygen atoms in total. The SMILES string of the molecule is CC(c1ccccc1O)N(C)C(=O)c1ccc(Cl)cc1. The number of halogens is 1. The average Bonchev–Trinajstić information content (AvgIpc) is 2.46. The van der Waals surface area contributed by atoms with E-state index >= 15 is 0 Å². The normalized spacial score (nSPS) is 11.9. The third-order valence-corrected chi connectivity index (χ3v) is 3.63. The second kappa shape index (κ2) is 5.97. The fraction of sp³-hybridized carbons (Fsp3) is 0.188. The molecule has 2 rings (SSSR count). The zero-order valence-corrected chi connectivity index (χ0v) is 12.1. The van der Waals surface area contributed by atoms with Crippen molar-refractivity contribution in [2.75, 3.05) is 7.05 Å². The molecule has 0 aliphatic heterocycles. The van der Waals surface area contributed by atoms with Gasteiger partial charge in [-0.3, -0.25) is 4.79 Å². The molecule has 2 aromatic carbocycles. The maximum atomic E-state index is 12.4. The van der Waals surface area contributed by atoms with Crippen LogP contribution >= 0.6 is 11.6 Å². The van der Waals surface area contributed by atoms with E-state index in [2.05, 4.69) is 0 Å². The smallest absolute Gasteiger partial charge is 0.254 e. The van der Waals surface area contributed by atoms with Crippen LogP contribution in [0.1, 0.15) is 28.9 Å². The van der Waals surface area contributed by atoms with Crippen molar-refractivity contribution in [2.45, 2.75) is 13.0 Å². The van der Waals surface area contributed by atoms with Gasteiger partial charge in [0.1, 0.15) is 5.75 Å². The number of rotatable bonds is 3. The Bertz CT molecular complexity index is 610. The highest BCUT2D eigenvalue weighted by molar-refractivity contribution is 6.30. The highest BCUT2D eigenvalue weighted by atomic mass is 35.5. The number of phenolic OH excluding ortho intramolecular Hbond substituents is 1. The Morgan fingerprint density at radius 2 is 1.75 bits per heavy atom. The van der Waals surface area contributed by atoms with E-state index in [1.54, 1.807) is 48.3 Å². The Hall–Kier alpha value is -2.00. The third kappa shape index (κ3) is 2.94. The lowest BCUT2D eigenvalue weighted by molar-refractivity contribution is 0.0741. The van der Waals surface area contributed by atoms with E-state index in [9.17, 15) is 9.90 Å². The fourth-order valence-electron chi connectivity index (χ4n) is 2.02. The fourth-order valence-corrected chi connectivity index (χ4v) is 2.15. The van der Waals surface area contributed by atoms with Crippen LogP contribution in [-0.4, -0.2) is 23.0 Å². The van der Waals surface area contributed by atoms with Crippen LogP contribution < -0.4 is 0 Å². The summed E-state index contributed by atoms with van der Waals surface area (Å²) < 4.78 is 0. The quantitative estimate of drug-likeness (QED) is 0.931. The molecule has 0 saturated carbocycles. The molecule has 0 bridgehead atoms. The van der Waals surface area contributed by atoms with E-state index in [4.69, 9.17) is 11.6 Å². The van der Waals surface area contributed by atoms with Crippen molar-refractivity contribution in [3.63, 3.8) is 0 Å². The molecule has 0 aromatic heterocycles. The second-order valence-electron chi connectivity index (χ2n) is 4.66. The first-order valence-corrected chi connectivity index (χ1v) is 6.69. The number of para-hydroxylation sites is 1. The second-order valence-corrected chi connectivity index (χ2v) is 5.09. The summed E-state index contributed by atoms with van der Waals surface area (Å²) >= 11 is 5.82. The molecular weight excluding hydrogens is 274 g/mol. The van der Waals surface area contributed by atoms with Crippen molar-refractivity contribution in [3.05, 3.63) is 64.7 Å². The van der Waals surface area contributed by atoms with Crippen LogP contribution in [0.2, 0.25) is 5.02 Å². The van der Waals surface area contributed by atoms with Gasteiger partial charge >= 0.3 is 0 Å². The zero-order valence-electron chi connectivity index (χ0n) is 11.4. The summed E-state index contributed by atoms with van der Waals surface area (Å²) in [5.74, 6) is 0.0770. The lowest BCUT2D eigenvalue weighted by Gasteiger charge is -2.26. The van der Waals surface area contributed by atoms with Gasteiger partial charge < -0.3 is 10.0 Å². The van der Waals surface area contributed by atoms with Crippen LogP contribution in [0, 0.1) is 0 Å². The van der Waals surface area contributed by atoms with E-state index in [1.807, 2.05) is 19.1 Å². The Labute approximate surface area is 123 Å². The number of amides is 1. The third-order valence-electron chi connectivity index (χ3n) is 3.38. The van der Waals surface area contributed by atoms with E-state index in [-0.39, 0.29) is 17.7 Å². The number of hydrogen-bond acceptors (Lipinski definition) is 2. The Kier molecular flexibility index (Phi) is 4.30. The van der Waals surface area contributed by atoms with Crippen LogP contribution in [0.5, 0.6) is 5.75 Å². The van der Waals surface area contributed by atoms with Crippen molar-refractivity contribution >= 4 is 17.5 Å². The summed E-state index contributed by atoms with van der Waals surface area (Å²) in [6, 6.07) is 13.6. The van der Waals surface area contributed by atoms with Crippen molar-refractivity contribution in [1.29, 1.82) is 0 Å². The number of nitrogens with zero attached hydrogens (tertiary/aromatic N) is 1. The van der Waals surface area contributed by atoms with E-state index in [0.29, 0.717) is 10.6 Å². The van der Waals surface area contributed by atoms with E-state index < -0.39 is 0 Å². The predicted octanol–water partition coefficient (Wildman–Crippen LogP) is 3.88. The molecule has 1 amide bonds. The van der Waals surface area contributed by atoms with Crippen molar-refractivity contribution in [1.82, 2.24) is 4.90 Å². The molecule has 0 fully saturated rings. The largest absolute Gasteiger partial charge is 0.508 e. The topological polar surface area (TPSA) is 40.5 Å². The van der Waals surface area contributed by atoms with Gasteiger partial charge in [0.25, 0.3) is 5.91 Å². The van der Waals surface area contributed by atoms with Gasteiger partial charge in [-0.2, -0.15) is 0 Å². The highest BCUT2D eigenvalue weighted by Crippen LogP contribution is 2.28. The summed E-state index contributed by atoms with van der Waals surface area (Å²) in [5, 5.41) is 10.5. The minimum atomic E-state index is -0.223. The van der Waals surface area contributed by atoms with Crippen molar-refractivity contribution < 1.29 is 9.90 Å².